The smallest absolute Gasteiger partial charge is 0.159 e. The molecule has 184 valence electrons. The molecule has 0 atom stereocenters. The van der Waals surface area contributed by atoms with Gasteiger partial charge in [-0.15, -0.1) is 0 Å². The van der Waals surface area contributed by atoms with Gasteiger partial charge in [-0.2, -0.15) is 0 Å². The van der Waals surface area contributed by atoms with Crippen LogP contribution in [0.5, 0.6) is 0 Å². The lowest BCUT2D eigenvalue weighted by atomic mass is 10.0. The number of nitrogens with one attached hydrogen (secondary N) is 2. The van der Waals surface area contributed by atoms with E-state index in [0.717, 1.165) is 13.0 Å². The Kier molecular flexibility index (Phi) is 14.0. The van der Waals surface area contributed by atoms with Gasteiger partial charge < -0.3 is 16.4 Å². The summed E-state index contributed by atoms with van der Waals surface area (Å²) in [6, 6.07) is 5.22. The quantitative estimate of drug-likeness (QED) is 0.180. The summed E-state index contributed by atoms with van der Waals surface area (Å²) in [5, 5.41) is 7.62. The standard InChI is InChI=1S/C26H41Cl2N5/c1-2-3-4-5-6-7-8-9-10-11-12-13-14-15-18-30-25-24(29)26(32-20-31-25)33-23-19-21(27)16-17-22(23)28/h16-17,19-20H,2-15,18,29H2,1H3,(H2,30,31,32,33). The lowest BCUT2D eigenvalue weighted by molar-refractivity contribution is 0.537. The number of nitrogens with zero attached hydrogens (tertiary/aromatic N) is 2. The predicted octanol–water partition coefficient (Wildman–Crippen LogP) is 9.00. The molecular weight excluding hydrogens is 453 g/mol. The molecule has 4 N–H and O–H groups in total. The van der Waals surface area contributed by atoms with Crippen LogP contribution in [-0.4, -0.2) is 16.5 Å². The van der Waals surface area contributed by atoms with Crippen molar-refractivity contribution in [2.24, 2.45) is 0 Å². The Labute approximate surface area is 210 Å². The van der Waals surface area contributed by atoms with Gasteiger partial charge in [0.2, 0.25) is 0 Å². The molecule has 1 heterocycles. The summed E-state index contributed by atoms with van der Waals surface area (Å²) in [7, 11) is 0. The fourth-order valence-electron chi connectivity index (χ4n) is 3.88. The number of anilines is 4. The highest BCUT2D eigenvalue weighted by Gasteiger charge is 2.10. The lowest BCUT2D eigenvalue weighted by Gasteiger charge is -2.13. The van der Waals surface area contributed by atoms with Crippen LogP contribution >= 0.6 is 23.2 Å². The molecule has 0 saturated carbocycles. The Morgan fingerprint density at radius 3 is 1.91 bits per heavy atom. The molecule has 0 saturated heterocycles. The van der Waals surface area contributed by atoms with Gasteiger partial charge in [-0.1, -0.05) is 114 Å². The maximum absolute atomic E-state index is 6.25. The molecule has 0 fully saturated rings. The van der Waals surface area contributed by atoms with Gasteiger partial charge >= 0.3 is 0 Å². The number of nitrogen functional groups attached to an aromatic ring is 1. The zero-order chi connectivity index (χ0) is 23.7. The van der Waals surface area contributed by atoms with E-state index in [1.54, 1.807) is 18.2 Å². The first kappa shape index (κ1) is 27.5. The third-order valence-electron chi connectivity index (χ3n) is 5.89. The monoisotopic (exact) mass is 493 g/mol. The molecule has 0 amide bonds. The van der Waals surface area contributed by atoms with Crippen LogP contribution in [0.3, 0.4) is 0 Å². The molecule has 0 radical (unpaired) electrons. The molecule has 7 heteroatoms. The van der Waals surface area contributed by atoms with E-state index >= 15 is 0 Å². The molecular formula is C26H41Cl2N5. The largest absolute Gasteiger partial charge is 0.393 e. The second-order valence-electron chi connectivity index (χ2n) is 8.76. The fourth-order valence-corrected chi connectivity index (χ4v) is 4.22. The molecule has 0 bridgehead atoms. The van der Waals surface area contributed by atoms with Crippen LogP contribution in [0.4, 0.5) is 23.0 Å². The Bertz CT molecular complexity index is 800. The Balaban J connectivity index is 1.54. The molecule has 0 spiro atoms. The van der Waals surface area contributed by atoms with Crippen molar-refractivity contribution in [3.8, 4) is 0 Å². The molecule has 0 aliphatic heterocycles. The highest BCUT2D eigenvalue weighted by atomic mass is 35.5. The van der Waals surface area contributed by atoms with Gasteiger partial charge in [0.25, 0.3) is 0 Å². The Hall–Kier alpha value is -1.72. The average molecular weight is 495 g/mol. The van der Waals surface area contributed by atoms with E-state index in [1.165, 1.54) is 89.8 Å². The van der Waals surface area contributed by atoms with E-state index in [2.05, 4.69) is 27.5 Å². The van der Waals surface area contributed by atoms with Crippen molar-refractivity contribution in [2.45, 2.75) is 96.8 Å². The van der Waals surface area contributed by atoms with Gasteiger partial charge in [-0.25, -0.2) is 9.97 Å². The van der Waals surface area contributed by atoms with Gasteiger partial charge in [0.05, 0.1) is 10.7 Å². The third kappa shape index (κ3) is 11.3. The van der Waals surface area contributed by atoms with Crippen molar-refractivity contribution in [3.63, 3.8) is 0 Å². The average Bonchev–Trinajstić information content (AvgIpc) is 2.81. The van der Waals surface area contributed by atoms with Gasteiger partial charge in [-0.3, -0.25) is 0 Å². The maximum atomic E-state index is 6.25. The maximum Gasteiger partial charge on any atom is 0.159 e. The normalized spacial score (nSPS) is 11.0. The molecule has 1 aromatic carbocycles. The summed E-state index contributed by atoms with van der Waals surface area (Å²) in [5.41, 5.74) is 7.38. The van der Waals surface area contributed by atoms with Crippen molar-refractivity contribution < 1.29 is 0 Å². The van der Waals surface area contributed by atoms with Crippen molar-refractivity contribution in [1.82, 2.24) is 9.97 Å². The van der Waals surface area contributed by atoms with Crippen LogP contribution in [0.15, 0.2) is 24.5 Å². The molecule has 2 aromatic rings. The number of hydrogen-bond acceptors (Lipinski definition) is 5. The molecule has 0 unspecified atom stereocenters. The molecule has 0 aliphatic carbocycles. The van der Waals surface area contributed by atoms with Crippen molar-refractivity contribution in [1.29, 1.82) is 0 Å². The van der Waals surface area contributed by atoms with Crippen molar-refractivity contribution in [3.05, 3.63) is 34.6 Å². The van der Waals surface area contributed by atoms with Crippen LogP contribution in [-0.2, 0) is 0 Å². The minimum absolute atomic E-state index is 0.471. The van der Waals surface area contributed by atoms with Crippen LogP contribution in [0.25, 0.3) is 0 Å². The second kappa shape index (κ2) is 16.8. The zero-order valence-electron chi connectivity index (χ0n) is 20.1. The fraction of sp³-hybridized carbons (Fsp3) is 0.615. The number of nitrogens with two attached hydrogens (primary N) is 1. The third-order valence-corrected chi connectivity index (χ3v) is 6.45. The van der Waals surface area contributed by atoms with E-state index in [1.807, 2.05) is 0 Å². The van der Waals surface area contributed by atoms with E-state index < -0.39 is 0 Å². The number of unbranched alkanes of at least 4 members (excludes halogenated alkanes) is 13. The first-order valence-electron chi connectivity index (χ1n) is 12.7. The number of aromatic nitrogens is 2. The van der Waals surface area contributed by atoms with Gasteiger partial charge in [0.1, 0.15) is 12.0 Å². The van der Waals surface area contributed by atoms with Gasteiger partial charge in [0, 0.05) is 11.6 Å². The van der Waals surface area contributed by atoms with Gasteiger partial charge in [0.15, 0.2) is 11.6 Å². The predicted molar refractivity (Wildman–Crippen MR) is 145 cm³/mol. The van der Waals surface area contributed by atoms with E-state index in [-0.39, 0.29) is 0 Å². The van der Waals surface area contributed by atoms with Crippen molar-refractivity contribution in [2.75, 3.05) is 22.9 Å². The molecule has 2 rings (SSSR count). The number of benzene rings is 1. The minimum atomic E-state index is 0.471. The van der Waals surface area contributed by atoms with E-state index in [9.17, 15) is 0 Å². The second-order valence-corrected chi connectivity index (χ2v) is 9.60. The number of rotatable bonds is 18. The molecule has 0 aliphatic rings. The Morgan fingerprint density at radius 2 is 1.30 bits per heavy atom. The van der Waals surface area contributed by atoms with E-state index in [0.29, 0.717) is 33.1 Å². The lowest BCUT2D eigenvalue weighted by Crippen LogP contribution is -2.09. The summed E-state index contributed by atoms with van der Waals surface area (Å²) in [4.78, 5) is 8.52. The highest BCUT2D eigenvalue weighted by Crippen LogP contribution is 2.31. The van der Waals surface area contributed by atoms with Crippen molar-refractivity contribution >= 4 is 46.2 Å². The number of hydrogen-bond donors (Lipinski definition) is 3. The highest BCUT2D eigenvalue weighted by molar-refractivity contribution is 6.35. The Morgan fingerprint density at radius 1 is 0.758 bits per heavy atom. The van der Waals surface area contributed by atoms with Gasteiger partial charge in [-0.05, 0) is 24.6 Å². The molecule has 5 nitrogen and oxygen atoms in total. The SMILES string of the molecule is CCCCCCCCCCCCCCCCNc1ncnc(Nc2cc(Cl)ccc2Cl)c1N. The van der Waals surface area contributed by atoms with Crippen LogP contribution in [0, 0.1) is 0 Å². The van der Waals surface area contributed by atoms with Crippen LogP contribution < -0.4 is 16.4 Å². The van der Waals surface area contributed by atoms with E-state index in [4.69, 9.17) is 28.9 Å². The summed E-state index contributed by atoms with van der Waals surface area (Å²) < 4.78 is 0. The topological polar surface area (TPSA) is 75.9 Å². The summed E-state index contributed by atoms with van der Waals surface area (Å²) in [6.07, 6.45) is 20.4. The number of halogens is 2. The first-order chi connectivity index (χ1) is 16.1. The molecule has 1 aromatic heterocycles. The van der Waals surface area contributed by atoms with Crippen LogP contribution in [0.2, 0.25) is 10.0 Å². The zero-order valence-corrected chi connectivity index (χ0v) is 21.7. The van der Waals surface area contributed by atoms with Crippen LogP contribution in [0.1, 0.15) is 96.8 Å². The minimum Gasteiger partial charge on any atom is -0.393 e. The summed E-state index contributed by atoms with van der Waals surface area (Å²) in [6.45, 7) is 3.12. The summed E-state index contributed by atoms with van der Waals surface area (Å²) in [5.74, 6) is 1.15. The first-order valence-corrected chi connectivity index (χ1v) is 13.4. The molecule has 33 heavy (non-hydrogen) atoms. The summed E-state index contributed by atoms with van der Waals surface area (Å²) >= 11 is 12.3.